The summed E-state index contributed by atoms with van der Waals surface area (Å²) in [6, 6.07) is 22.8. The first-order chi connectivity index (χ1) is 17.0. The number of nitrogens with zero attached hydrogens (tertiary/aromatic N) is 1. The summed E-state index contributed by atoms with van der Waals surface area (Å²) in [6.45, 7) is 4.72. The number of carbonyl (C=O) groups is 2. The molecule has 1 heterocycles. The lowest BCUT2D eigenvalue weighted by atomic mass is 9.90. The molecule has 1 aliphatic heterocycles. The highest BCUT2D eigenvalue weighted by Gasteiger charge is 2.39. The molecule has 0 saturated carbocycles. The Morgan fingerprint density at radius 1 is 1.00 bits per heavy atom. The van der Waals surface area contributed by atoms with Gasteiger partial charge >= 0.3 is 5.97 Å². The maximum atomic E-state index is 13.5. The largest absolute Gasteiger partial charge is 0.489 e. The second kappa shape index (κ2) is 11.4. The van der Waals surface area contributed by atoms with Gasteiger partial charge in [0.2, 0.25) is 0 Å². The van der Waals surface area contributed by atoms with E-state index in [9.17, 15) is 9.59 Å². The fraction of sp³-hybridized carbons (Fsp3) is 0.310. The quantitative estimate of drug-likeness (QED) is 0.309. The molecule has 0 aromatic heterocycles. The normalized spacial score (nSPS) is 16.6. The first-order valence-corrected chi connectivity index (χ1v) is 12.4. The van der Waals surface area contributed by atoms with E-state index in [-0.39, 0.29) is 23.8 Å². The molecule has 1 aliphatic rings. The number of halogens is 1. The van der Waals surface area contributed by atoms with E-state index in [1.807, 2.05) is 60.4 Å². The number of ether oxygens (including phenoxy) is 2. The molecule has 3 aromatic carbocycles. The van der Waals surface area contributed by atoms with Crippen LogP contribution in [0.4, 0.5) is 5.69 Å². The van der Waals surface area contributed by atoms with Gasteiger partial charge in [0.05, 0.1) is 6.61 Å². The smallest absolute Gasteiger partial charge is 0.305 e. The van der Waals surface area contributed by atoms with Gasteiger partial charge in [0.1, 0.15) is 12.4 Å². The molecular formula is C29H30ClNO4. The molecule has 0 aliphatic carbocycles. The van der Waals surface area contributed by atoms with Gasteiger partial charge in [0.25, 0.3) is 5.91 Å². The van der Waals surface area contributed by atoms with Gasteiger partial charge in [-0.25, -0.2) is 0 Å². The molecule has 6 heteroatoms. The Morgan fingerprint density at radius 3 is 2.46 bits per heavy atom. The second-order valence-electron chi connectivity index (χ2n) is 8.72. The first kappa shape index (κ1) is 24.8. The number of benzene rings is 3. The minimum absolute atomic E-state index is 0.0683. The summed E-state index contributed by atoms with van der Waals surface area (Å²) < 4.78 is 11.2. The van der Waals surface area contributed by atoms with E-state index in [4.69, 9.17) is 21.1 Å². The van der Waals surface area contributed by atoms with Crippen LogP contribution in [-0.4, -0.2) is 24.5 Å². The molecule has 0 N–H and O–H groups in total. The Bertz CT molecular complexity index is 1160. The monoisotopic (exact) mass is 491 g/mol. The van der Waals surface area contributed by atoms with Crippen molar-refractivity contribution in [1.82, 2.24) is 0 Å². The van der Waals surface area contributed by atoms with Crippen LogP contribution in [0.25, 0.3) is 0 Å². The number of hydrogen-bond acceptors (Lipinski definition) is 4. The van der Waals surface area contributed by atoms with Crippen molar-refractivity contribution in [3.8, 4) is 5.75 Å². The van der Waals surface area contributed by atoms with Crippen LogP contribution in [0.2, 0.25) is 5.02 Å². The molecule has 35 heavy (non-hydrogen) atoms. The minimum atomic E-state index is -0.188. The lowest BCUT2D eigenvalue weighted by Gasteiger charge is -2.25. The van der Waals surface area contributed by atoms with Crippen molar-refractivity contribution in [2.45, 2.75) is 51.7 Å². The summed E-state index contributed by atoms with van der Waals surface area (Å²) in [7, 11) is 0. The molecule has 2 unspecified atom stereocenters. The Labute approximate surface area is 211 Å². The summed E-state index contributed by atoms with van der Waals surface area (Å²) in [6.07, 6.45) is 1.81. The SMILES string of the molecule is CCOC(=O)CCCC1c2cc(OCc3ccccc3)ccc2N(C(=O)c2ccc(Cl)cc2)C1C. The number of hydrogen-bond donors (Lipinski definition) is 0. The molecular weight excluding hydrogens is 462 g/mol. The van der Waals surface area contributed by atoms with Crippen LogP contribution >= 0.6 is 11.6 Å². The summed E-state index contributed by atoms with van der Waals surface area (Å²) in [4.78, 5) is 27.3. The highest BCUT2D eigenvalue weighted by Crippen LogP contribution is 2.45. The summed E-state index contributed by atoms with van der Waals surface area (Å²) in [5.74, 6) is 0.584. The van der Waals surface area contributed by atoms with Crippen LogP contribution < -0.4 is 9.64 Å². The summed E-state index contributed by atoms with van der Waals surface area (Å²) >= 11 is 6.03. The number of carbonyl (C=O) groups excluding carboxylic acids is 2. The van der Waals surface area contributed by atoms with Crippen LogP contribution in [0.5, 0.6) is 5.75 Å². The highest BCUT2D eigenvalue weighted by molar-refractivity contribution is 6.30. The molecule has 0 fully saturated rings. The van der Waals surface area contributed by atoms with Crippen LogP contribution in [0, 0.1) is 0 Å². The van der Waals surface area contributed by atoms with Crippen molar-refractivity contribution >= 4 is 29.2 Å². The fourth-order valence-electron chi connectivity index (χ4n) is 4.66. The van der Waals surface area contributed by atoms with E-state index in [0.717, 1.165) is 29.0 Å². The van der Waals surface area contributed by atoms with Gasteiger partial charge in [-0.15, -0.1) is 0 Å². The predicted octanol–water partition coefficient (Wildman–Crippen LogP) is 6.78. The molecule has 0 bridgehead atoms. The average molecular weight is 492 g/mol. The van der Waals surface area contributed by atoms with Crippen molar-refractivity contribution < 1.29 is 19.1 Å². The summed E-state index contributed by atoms with van der Waals surface area (Å²) in [5, 5.41) is 0.591. The third kappa shape index (κ3) is 5.85. The maximum Gasteiger partial charge on any atom is 0.305 e. The third-order valence-electron chi connectivity index (χ3n) is 6.41. The summed E-state index contributed by atoms with van der Waals surface area (Å²) in [5.41, 5.74) is 3.62. The zero-order chi connectivity index (χ0) is 24.8. The third-order valence-corrected chi connectivity index (χ3v) is 6.66. The Morgan fingerprint density at radius 2 is 1.74 bits per heavy atom. The van der Waals surface area contributed by atoms with Gasteiger partial charge in [-0.2, -0.15) is 0 Å². The van der Waals surface area contributed by atoms with E-state index in [2.05, 4.69) is 6.92 Å². The van der Waals surface area contributed by atoms with Crippen molar-refractivity contribution in [3.63, 3.8) is 0 Å². The molecule has 2 atom stereocenters. The van der Waals surface area contributed by atoms with Gasteiger partial charge in [-0.1, -0.05) is 41.9 Å². The number of fused-ring (bicyclic) bond motifs is 1. The number of amides is 1. The maximum absolute atomic E-state index is 13.5. The van der Waals surface area contributed by atoms with Gasteiger partial charge in [0, 0.05) is 34.7 Å². The Kier molecular flexibility index (Phi) is 8.09. The molecule has 0 spiro atoms. The molecule has 1 amide bonds. The van der Waals surface area contributed by atoms with Crippen LogP contribution in [0.1, 0.15) is 60.5 Å². The predicted molar refractivity (Wildman–Crippen MR) is 138 cm³/mol. The number of anilines is 1. The van der Waals surface area contributed by atoms with Crippen molar-refractivity contribution in [2.24, 2.45) is 0 Å². The van der Waals surface area contributed by atoms with E-state index in [1.165, 1.54) is 0 Å². The molecule has 0 radical (unpaired) electrons. The van der Waals surface area contributed by atoms with Crippen molar-refractivity contribution in [1.29, 1.82) is 0 Å². The zero-order valence-corrected chi connectivity index (χ0v) is 20.8. The van der Waals surface area contributed by atoms with Gasteiger partial charge in [-0.3, -0.25) is 9.59 Å². The fourth-order valence-corrected chi connectivity index (χ4v) is 4.79. The van der Waals surface area contributed by atoms with Crippen LogP contribution in [0.15, 0.2) is 72.8 Å². The first-order valence-electron chi connectivity index (χ1n) is 12.0. The van der Waals surface area contributed by atoms with E-state index < -0.39 is 0 Å². The van der Waals surface area contributed by atoms with E-state index >= 15 is 0 Å². The molecule has 0 saturated heterocycles. The lowest BCUT2D eigenvalue weighted by molar-refractivity contribution is -0.143. The average Bonchev–Trinajstić information content (AvgIpc) is 3.14. The van der Waals surface area contributed by atoms with E-state index in [1.54, 1.807) is 24.3 Å². The Hall–Kier alpha value is -3.31. The standard InChI is InChI=1S/C29H30ClNO4/c1-3-34-28(32)11-7-10-25-20(2)31(29(33)22-12-14-23(30)15-13-22)27-17-16-24(18-26(25)27)35-19-21-8-5-4-6-9-21/h4-6,8-9,12-18,20,25H,3,7,10-11,19H2,1-2H3. The van der Waals surface area contributed by atoms with Gasteiger partial charge < -0.3 is 14.4 Å². The minimum Gasteiger partial charge on any atom is -0.489 e. The van der Waals surface area contributed by atoms with Gasteiger partial charge in [0.15, 0.2) is 0 Å². The van der Waals surface area contributed by atoms with Gasteiger partial charge in [-0.05, 0) is 80.3 Å². The highest BCUT2D eigenvalue weighted by atomic mass is 35.5. The molecule has 4 rings (SSSR count). The van der Waals surface area contributed by atoms with Crippen LogP contribution in [-0.2, 0) is 16.1 Å². The van der Waals surface area contributed by atoms with E-state index in [0.29, 0.717) is 36.6 Å². The van der Waals surface area contributed by atoms with Crippen molar-refractivity contribution in [2.75, 3.05) is 11.5 Å². The zero-order valence-electron chi connectivity index (χ0n) is 20.1. The molecule has 182 valence electrons. The number of rotatable bonds is 9. The topological polar surface area (TPSA) is 55.8 Å². The Balaban J connectivity index is 1.58. The second-order valence-corrected chi connectivity index (χ2v) is 9.16. The van der Waals surface area contributed by atoms with Crippen LogP contribution in [0.3, 0.4) is 0 Å². The molecule has 3 aromatic rings. The van der Waals surface area contributed by atoms with Crippen molar-refractivity contribution in [3.05, 3.63) is 94.5 Å². The molecule has 5 nitrogen and oxygen atoms in total. The number of esters is 1. The lowest BCUT2D eigenvalue weighted by Crippen LogP contribution is -2.37.